The molecular formula is C9H10ClNO2. The van der Waals surface area contributed by atoms with Crippen LogP contribution in [-0.4, -0.2) is 13.0 Å². The summed E-state index contributed by atoms with van der Waals surface area (Å²) in [6, 6.07) is 3.40. The molecule has 4 heteroatoms. The van der Waals surface area contributed by atoms with Crippen LogP contribution in [0.1, 0.15) is 15.9 Å². The van der Waals surface area contributed by atoms with Gasteiger partial charge in [0, 0.05) is 0 Å². The number of carbonyl (C=O) groups excluding carboxylic acids is 1. The normalized spacial score (nSPS) is 9.77. The van der Waals surface area contributed by atoms with Crippen LogP contribution in [0, 0.1) is 6.92 Å². The molecule has 0 radical (unpaired) electrons. The molecule has 0 aromatic heterocycles. The minimum absolute atomic E-state index is 0.342. The molecule has 1 rings (SSSR count). The number of ether oxygens (including phenoxy) is 1. The minimum atomic E-state index is -0.531. The van der Waals surface area contributed by atoms with Gasteiger partial charge in [-0.25, -0.2) is 0 Å². The molecule has 0 aliphatic carbocycles. The van der Waals surface area contributed by atoms with Crippen LogP contribution in [0.3, 0.4) is 0 Å². The zero-order chi connectivity index (χ0) is 10.0. The lowest BCUT2D eigenvalue weighted by molar-refractivity contribution is 0.0997. The Kier molecular flexibility index (Phi) is 2.78. The lowest BCUT2D eigenvalue weighted by Crippen LogP contribution is -2.14. The van der Waals surface area contributed by atoms with Gasteiger partial charge >= 0.3 is 0 Å². The first-order valence-electron chi connectivity index (χ1n) is 3.70. The minimum Gasteiger partial charge on any atom is -0.494 e. The Hall–Kier alpha value is -1.22. The molecule has 3 nitrogen and oxygen atoms in total. The second-order valence-electron chi connectivity index (χ2n) is 2.64. The van der Waals surface area contributed by atoms with Gasteiger partial charge < -0.3 is 10.5 Å². The van der Waals surface area contributed by atoms with Gasteiger partial charge in [-0.05, 0) is 18.6 Å². The first kappa shape index (κ1) is 9.86. The van der Waals surface area contributed by atoms with Crippen molar-refractivity contribution in [3.63, 3.8) is 0 Å². The molecule has 2 N–H and O–H groups in total. The maximum atomic E-state index is 11.0. The molecule has 0 aliphatic rings. The van der Waals surface area contributed by atoms with Gasteiger partial charge in [0.2, 0.25) is 0 Å². The number of carbonyl (C=O) groups is 1. The molecule has 0 unspecified atom stereocenters. The first-order valence-corrected chi connectivity index (χ1v) is 4.08. The number of halogens is 1. The summed E-state index contributed by atoms with van der Waals surface area (Å²) >= 11 is 5.81. The lowest BCUT2D eigenvalue weighted by atomic mass is 10.1. The second-order valence-corrected chi connectivity index (χ2v) is 3.04. The van der Waals surface area contributed by atoms with E-state index in [-0.39, 0.29) is 0 Å². The van der Waals surface area contributed by atoms with Crippen molar-refractivity contribution in [3.8, 4) is 5.75 Å². The Morgan fingerprint density at radius 2 is 2.15 bits per heavy atom. The third kappa shape index (κ3) is 1.75. The SMILES string of the molecule is COc1c(Cl)ccc(C)c1C(N)=O. The fourth-order valence-corrected chi connectivity index (χ4v) is 1.40. The molecule has 0 aliphatic heterocycles. The van der Waals surface area contributed by atoms with Crippen molar-refractivity contribution < 1.29 is 9.53 Å². The molecule has 1 aromatic carbocycles. The fraction of sp³-hybridized carbons (Fsp3) is 0.222. The number of rotatable bonds is 2. The smallest absolute Gasteiger partial charge is 0.252 e. The second kappa shape index (κ2) is 3.66. The van der Waals surface area contributed by atoms with E-state index in [9.17, 15) is 4.79 Å². The highest BCUT2D eigenvalue weighted by Crippen LogP contribution is 2.30. The van der Waals surface area contributed by atoms with Gasteiger partial charge in [0.25, 0.3) is 5.91 Å². The average Bonchev–Trinajstić information content (AvgIpc) is 2.07. The largest absolute Gasteiger partial charge is 0.494 e. The van der Waals surface area contributed by atoms with E-state index in [4.69, 9.17) is 22.1 Å². The third-order valence-electron chi connectivity index (χ3n) is 1.77. The maximum Gasteiger partial charge on any atom is 0.252 e. The van der Waals surface area contributed by atoms with Crippen LogP contribution in [0.25, 0.3) is 0 Å². The van der Waals surface area contributed by atoms with Crippen molar-refractivity contribution in [2.75, 3.05) is 7.11 Å². The summed E-state index contributed by atoms with van der Waals surface area (Å²) in [6.45, 7) is 1.78. The highest BCUT2D eigenvalue weighted by atomic mass is 35.5. The quantitative estimate of drug-likeness (QED) is 0.789. The van der Waals surface area contributed by atoms with Crippen molar-refractivity contribution >= 4 is 17.5 Å². The Morgan fingerprint density at radius 3 is 2.54 bits per heavy atom. The van der Waals surface area contributed by atoms with E-state index >= 15 is 0 Å². The van der Waals surface area contributed by atoms with E-state index in [2.05, 4.69) is 0 Å². The molecule has 0 fully saturated rings. The van der Waals surface area contributed by atoms with Crippen LogP contribution in [0.4, 0.5) is 0 Å². The number of aryl methyl sites for hydroxylation is 1. The molecule has 0 atom stereocenters. The number of hydrogen-bond acceptors (Lipinski definition) is 2. The van der Waals surface area contributed by atoms with Gasteiger partial charge in [-0.1, -0.05) is 17.7 Å². The predicted molar refractivity (Wildman–Crippen MR) is 51.3 cm³/mol. The fourth-order valence-electron chi connectivity index (χ4n) is 1.16. The van der Waals surface area contributed by atoms with Crippen molar-refractivity contribution in [3.05, 3.63) is 28.3 Å². The number of hydrogen-bond donors (Lipinski definition) is 1. The van der Waals surface area contributed by atoms with Gasteiger partial charge in [0.05, 0.1) is 17.7 Å². The van der Waals surface area contributed by atoms with E-state index in [1.807, 2.05) is 0 Å². The summed E-state index contributed by atoms with van der Waals surface area (Å²) in [5.41, 5.74) is 6.28. The zero-order valence-corrected chi connectivity index (χ0v) is 8.18. The Balaban J connectivity index is 3.43. The van der Waals surface area contributed by atoms with Crippen molar-refractivity contribution in [2.24, 2.45) is 5.73 Å². The van der Waals surface area contributed by atoms with Crippen LogP contribution >= 0.6 is 11.6 Å². The van der Waals surface area contributed by atoms with Gasteiger partial charge in [-0.15, -0.1) is 0 Å². The summed E-state index contributed by atoms with van der Waals surface area (Å²) in [6.07, 6.45) is 0. The highest BCUT2D eigenvalue weighted by Gasteiger charge is 2.14. The van der Waals surface area contributed by atoms with Crippen LogP contribution in [0.2, 0.25) is 5.02 Å². The van der Waals surface area contributed by atoms with E-state index in [1.54, 1.807) is 19.1 Å². The number of benzene rings is 1. The molecule has 0 bridgehead atoms. The molecule has 1 aromatic rings. The van der Waals surface area contributed by atoms with Crippen LogP contribution in [-0.2, 0) is 0 Å². The third-order valence-corrected chi connectivity index (χ3v) is 2.07. The Bertz CT molecular complexity index is 350. The first-order chi connectivity index (χ1) is 6.07. The van der Waals surface area contributed by atoms with Crippen molar-refractivity contribution in [1.29, 1.82) is 0 Å². The summed E-state index contributed by atoms with van der Waals surface area (Å²) in [7, 11) is 1.45. The molecule has 0 saturated heterocycles. The summed E-state index contributed by atoms with van der Waals surface area (Å²) < 4.78 is 4.99. The van der Waals surface area contributed by atoms with Crippen LogP contribution in [0.5, 0.6) is 5.75 Å². The topological polar surface area (TPSA) is 52.3 Å². The number of nitrogens with two attached hydrogens (primary N) is 1. The van der Waals surface area contributed by atoms with E-state index < -0.39 is 5.91 Å². The number of methoxy groups -OCH3 is 1. The highest BCUT2D eigenvalue weighted by molar-refractivity contribution is 6.32. The predicted octanol–water partition coefficient (Wildman–Crippen LogP) is 1.76. The van der Waals surface area contributed by atoms with Gasteiger partial charge in [0.1, 0.15) is 5.75 Å². The summed E-state index contributed by atoms with van der Waals surface area (Å²) in [4.78, 5) is 11.0. The standard InChI is InChI=1S/C9H10ClNO2/c1-5-3-4-6(10)8(13-2)7(5)9(11)12/h3-4H,1-2H3,(H2,11,12). The van der Waals surface area contributed by atoms with E-state index in [1.165, 1.54) is 7.11 Å². The monoisotopic (exact) mass is 199 g/mol. The summed E-state index contributed by atoms with van der Waals surface area (Å²) in [5, 5.41) is 0.391. The van der Waals surface area contributed by atoms with Crippen LogP contribution < -0.4 is 10.5 Å². The number of primary amides is 1. The zero-order valence-electron chi connectivity index (χ0n) is 7.43. The van der Waals surface area contributed by atoms with Crippen molar-refractivity contribution in [2.45, 2.75) is 6.92 Å². The Labute approximate surface area is 81.4 Å². The average molecular weight is 200 g/mol. The van der Waals surface area contributed by atoms with E-state index in [0.717, 1.165) is 5.56 Å². The van der Waals surface area contributed by atoms with Crippen LogP contribution in [0.15, 0.2) is 12.1 Å². The van der Waals surface area contributed by atoms with Gasteiger partial charge in [-0.2, -0.15) is 0 Å². The lowest BCUT2D eigenvalue weighted by Gasteiger charge is -2.09. The van der Waals surface area contributed by atoms with Gasteiger partial charge in [0.15, 0.2) is 0 Å². The van der Waals surface area contributed by atoms with Gasteiger partial charge in [-0.3, -0.25) is 4.79 Å². The molecule has 1 amide bonds. The molecule has 0 spiro atoms. The van der Waals surface area contributed by atoms with Crippen molar-refractivity contribution in [1.82, 2.24) is 0 Å². The summed E-state index contributed by atoms with van der Waals surface area (Å²) in [5.74, 6) is -0.189. The molecule has 0 heterocycles. The number of amides is 1. The maximum absolute atomic E-state index is 11.0. The molecule has 13 heavy (non-hydrogen) atoms. The molecule has 0 saturated carbocycles. The Morgan fingerprint density at radius 1 is 1.54 bits per heavy atom. The van der Waals surface area contributed by atoms with E-state index in [0.29, 0.717) is 16.3 Å². The molecule has 70 valence electrons. The molecular weight excluding hydrogens is 190 g/mol.